The maximum atomic E-state index is 13.9. The molecule has 0 bridgehead atoms. The quantitative estimate of drug-likeness (QED) is 0.323. The number of Topliss-reactive ketones (excluding diaryl/α,β-unsaturated/α-hetero) is 1. The van der Waals surface area contributed by atoms with Gasteiger partial charge in [0.2, 0.25) is 0 Å². The van der Waals surface area contributed by atoms with E-state index in [0.29, 0.717) is 16.1 Å². The third-order valence-electron chi connectivity index (χ3n) is 4.64. The zero-order valence-corrected chi connectivity index (χ0v) is 18.0. The normalized spacial score (nSPS) is 10.5. The van der Waals surface area contributed by atoms with Gasteiger partial charge in [-0.25, -0.2) is 13.8 Å². The zero-order valence-electron chi connectivity index (χ0n) is 17.2. The van der Waals surface area contributed by atoms with Crippen LogP contribution in [0.15, 0.2) is 54.7 Å². The van der Waals surface area contributed by atoms with Crippen LogP contribution in [-0.2, 0) is 6.42 Å². The van der Waals surface area contributed by atoms with Gasteiger partial charge in [-0.1, -0.05) is 35.9 Å². The third-order valence-corrected chi connectivity index (χ3v) is 4.86. The van der Waals surface area contributed by atoms with Crippen LogP contribution in [0.5, 0.6) is 0 Å². The molecule has 0 fully saturated rings. The second kappa shape index (κ2) is 9.65. The van der Waals surface area contributed by atoms with Gasteiger partial charge in [0, 0.05) is 43.4 Å². The molecule has 1 heterocycles. The van der Waals surface area contributed by atoms with Crippen LogP contribution in [0, 0.1) is 17.0 Å². The molecule has 9 heteroatoms. The molecule has 1 aromatic heterocycles. The lowest BCUT2D eigenvalue weighted by Crippen LogP contribution is -2.21. The summed E-state index contributed by atoms with van der Waals surface area (Å²) in [7, 11) is 3.47. The van der Waals surface area contributed by atoms with Gasteiger partial charge in [-0.05, 0) is 29.8 Å². The first kappa shape index (κ1) is 23.0. The number of benzene rings is 2. The van der Waals surface area contributed by atoms with Crippen LogP contribution in [0.3, 0.4) is 0 Å². The number of carbonyl (C=O) groups excluding carboxylic acids is 2. The van der Waals surface area contributed by atoms with Crippen molar-refractivity contribution in [1.29, 1.82) is 5.41 Å². The van der Waals surface area contributed by atoms with E-state index in [1.807, 2.05) is 0 Å². The smallest absolute Gasteiger partial charge is 0.257 e. The summed E-state index contributed by atoms with van der Waals surface area (Å²) < 4.78 is 27.8. The molecule has 0 spiro atoms. The maximum Gasteiger partial charge on any atom is 0.257 e. The van der Waals surface area contributed by atoms with E-state index in [9.17, 15) is 18.4 Å². The molecule has 3 rings (SSSR count). The SMILES string of the molecule is CN(C)C(=N)c1ccc(C(=O)Cc2cc(F)c(F)cc2C(=O)Nc2ccc(Cl)cn2)cc1. The Hall–Kier alpha value is -3.65. The average Bonchev–Trinajstić information content (AvgIpc) is 2.77. The van der Waals surface area contributed by atoms with Gasteiger partial charge in [-0.3, -0.25) is 15.0 Å². The molecule has 0 saturated heterocycles. The summed E-state index contributed by atoms with van der Waals surface area (Å²) in [4.78, 5) is 31.0. The van der Waals surface area contributed by atoms with Crippen molar-refractivity contribution in [1.82, 2.24) is 9.88 Å². The fourth-order valence-corrected chi connectivity index (χ4v) is 3.04. The average molecular weight is 457 g/mol. The highest BCUT2D eigenvalue weighted by Crippen LogP contribution is 2.20. The van der Waals surface area contributed by atoms with Crippen molar-refractivity contribution in [3.05, 3.63) is 93.6 Å². The molecule has 0 atom stereocenters. The highest BCUT2D eigenvalue weighted by Gasteiger charge is 2.20. The van der Waals surface area contributed by atoms with Gasteiger partial charge < -0.3 is 10.2 Å². The molecule has 2 N–H and O–H groups in total. The number of amidine groups is 1. The minimum absolute atomic E-state index is 0.0328. The minimum atomic E-state index is -1.21. The molecule has 0 aliphatic rings. The number of anilines is 1. The van der Waals surface area contributed by atoms with E-state index in [-0.39, 0.29) is 29.2 Å². The molecular weight excluding hydrogens is 438 g/mol. The molecule has 3 aromatic rings. The Morgan fingerprint density at radius 3 is 2.25 bits per heavy atom. The lowest BCUT2D eigenvalue weighted by molar-refractivity contribution is 0.0992. The van der Waals surface area contributed by atoms with Gasteiger partial charge in [0.1, 0.15) is 11.7 Å². The molecule has 0 unspecified atom stereocenters. The second-order valence-corrected chi connectivity index (χ2v) is 7.60. The van der Waals surface area contributed by atoms with E-state index < -0.39 is 23.3 Å². The first-order chi connectivity index (χ1) is 15.2. The second-order valence-electron chi connectivity index (χ2n) is 7.16. The van der Waals surface area contributed by atoms with Crippen molar-refractivity contribution >= 4 is 34.9 Å². The number of aromatic nitrogens is 1. The number of amides is 1. The van der Waals surface area contributed by atoms with Crippen LogP contribution in [0.4, 0.5) is 14.6 Å². The number of hydrogen-bond donors (Lipinski definition) is 2. The Morgan fingerprint density at radius 2 is 1.66 bits per heavy atom. The van der Waals surface area contributed by atoms with Gasteiger partial charge in [-0.2, -0.15) is 0 Å². The predicted octanol–water partition coefficient (Wildman–Crippen LogP) is 4.58. The molecule has 0 aliphatic heterocycles. The van der Waals surface area contributed by atoms with E-state index in [1.54, 1.807) is 43.3 Å². The molecule has 0 aliphatic carbocycles. The number of ketones is 1. The monoisotopic (exact) mass is 456 g/mol. The fourth-order valence-electron chi connectivity index (χ4n) is 2.93. The van der Waals surface area contributed by atoms with Crippen molar-refractivity contribution in [2.75, 3.05) is 19.4 Å². The number of pyridine rings is 1. The van der Waals surface area contributed by atoms with Crippen molar-refractivity contribution in [2.45, 2.75) is 6.42 Å². The van der Waals surface area contributed by atoms with E-state index in [2.05, 4.69) is 10.3 Å². The lowest BCUT2D eigenvalue weighted by Gasteiger charge is -2.14. The molecule has 164 valence electrons. The van der Waals surface area contributed by atoms with Gasteiger partial charge in [-0.15, -0.1) is 0 Å². The van der Waals surface area contributed by atoms with Crippen LogP contribution >= 0.6 is 11.6 Å². The topological polar surface area (TPSA) is 86.2 Å². The molecule has 6 nitrogen and oxygen atoms in total. The number of rotatable bonds is 6. The van der Waals surface area contributed by atoms with E-state index in [4.69, 9.17) is 17.0 Å². The molecule has 1 amide bonds. The highest BCUT2D eigenvalue weighted by molar-refractivity contribution is 6.30. The van der Waals surface area contributed by atoms with Gasteiger partial charge in [0.05, 0.1) is 5.02 Å². The Bertz CT molecular complexity index is 1180. The molecule has 0 radical (unpaired) electrons. The highest BCUT2D eigenvalue weighted by atomic mass is 35.5. The summed E-state index contributed by atoms with van der Waals surface area (Å²) in [6, 6.07) is 10.9. The molecule has 32 heavy (non-hydrogen) atoms. The first-order valence-corrected chi connectivity index (χ1v) is 9.84. The number of nitrogens with zero attached hydrogens (tertiary/aromatic N) is 2. The van der Waals surface area contributed by atoms with Crippen LogP contribution < -0.4 is 5.32 Å². The fraction of sp³-hybridized carbons (Fsp3) is 0.130. The summed E-state index contributed by atoms with van der Waals surface area (Å²) in [5.74, 6) is -3.06. The standard InChI is InChI=1S/C23H19ClF2N4O2/c1-30(2)22(27)14-5-3-13(4-6-14)20(31)10-15-9-18(25)19(26)11-17(15)23(32)29-21-8-7-16(24)12-28-21/h3-9,11-12,27H,10H2,1-2H3,(H,28,29,32). The molecular formula is C23H19ClF2N4O2. The van der Waals surface area contributed by atoms with Crippen molar-refractivity contribution in [3.63, 3.8) is 0 Å². The molecule has 2 aromatic carbocycles. The number of hydrogen-bond acceptors (Lipinski definition) is 4. The maximum absolute atomic E-state index is 13.9. The summed E-state index contributed by atoms with van der Waals surface area (Å²) in [6.07, 6.45) is 1.00. The number of nitrogens with one attached hydrogen (secondary N) is 2. The van der Waals surface area contributed by atoms with Gasteiger partial charge >= 0.3 is 0 Å². The van der Waals surface area contributed by atoms with Crippen LogP contribution in [-0.4, -0.2) is 41.5 Å². The Kier molecular flexibility index (Phi) is 6.95. The third kappa shape index (κ3) is 5.33. The summed E-state index contributed by atoms with van der Waals surface area (Å²) in [5.41, 5.74) is 0.788. The number of carbonyl (C=O) groups is 2. The summed E-state index contributed by atoms with van der Waals surface area (Å²) in [6.45, 7) is 0. The van der Waals surface area contributed by atoms with Crippen molar-refractivity contribution < 1.29 is 18.4 Å². The van der Waals surface area contributed by atoms with Crippen LogP contribution in [0.2, 0.25) is 5.02 Å². The number of halogens is 3. The van der Waals surface area contributed by atoms with E-state index >= 15 is 0 Å². The Morgan fingerprint density at radius 1 is 1.03 bits per heavy atom. The summed E-state index contributed by atoms with van der Waals surface area (Å²) in [5, 5.41) is 10.8. The Labute approximate surface area is 188 Å². The van der Waals surface area contributed by atoms with Crippen molar-refractivity contribution in [2.24, 2.45) is 0 Å². The first-order valence-electron chi connectivity index (χ1n) is 9.46. The zero-order chi connectivity index (χ0) is 23.4. The molecule has 0 saturated carbocycles. The summed E-state index contributed by atoms with van der Waals surface area (Å²) >= 11 is 5.77. The predicted molar refractivity (Wildman–Crippen MR) is 119 cm³/mol. The largest absolute Gasteiger partial charge is 0.363 e. The van der Waals surface area contributed by atoms with Crippen LogP contribution in [0.25, 0.3) is 0 Å². The van der Waals surface area contributed by atoms with Gasteiger partial charge in [0.25, 0.3) is 5.91 Å². The van der Waals surface area contributed by atoms with E-state index in [0.717, 1.165) is 12.1 Å². The lowest BCUT2D eigenvalue weighted by atomic mass is 9.97. The van der Waals surface area contributed by atoms with Gasteiger partial charge in [0.15, 0.2) is 17.4 Å². The Balaban J connectivity index is 1.84. The van der Waals surface area contributed by atoms with Crippen LogP contribution in [0.1, 0.15) is 31.8 Å². The van der Waals surface area contributed by atoms with E-state index in [1.165, 1.54) is 18.3 Å². The minimum Gasteiger partial charge on any atom is -0.363 e. The van der Waals surface area contributed by atoms with Crippen molar-refractivity contribution in [3.8, 4) is 0 Å².